The highest BCUT2D eigenvalue weighted by Crippen LogP contribution is 2.24. The average Bonchev–Trinajstić information content (AvgIpc) is 3.31. The van der Waals surface area contributed by atoms with Gasteiger partial charge in [0, 0.05) is 18.5 Å². The molecule has 2 aromatic heterocycles. The molecule has 1 aliphatic heterocycles. The van der Waals surface area contributed by atoms with Crippen LogP contribution in [0.2, 0.25) is 0 Å². The lowest BCUT2D eigenvalue weighted by atomic mass is 9.97. The van der Waals surface area contributed by atoms with Crippen LogP contribution < -0.4 is 5.32 Å². The largest absolute Gasteiger partial charge is 0.310 e. The SMILES string of the molecule is Cc1cccc(Cn2nccc2NC(=O)CN2CCCC(c3n[nH]c(C)n3)C2)c1. The molecule has 1 atom stereocenters. The highest BCUT2D eigenvalue weighted by atomic mass is 16.2. The molecule has 1 fully saturated rings. The van der Waals surface area contributed by atoms with Crippen LogP contribution in [0, 0.1) is 13.8 Å². The zero-order valence-electron chi connectivity index (χ0n) is 16.9. The molecule has 4 rings (SSSR count). The van der Waals surface area contributed by atoms with E-state index >= 15 is 0 Å². The Labute approximate surface area is 170 Å². The molecule has 8 heteroatoms. The van der Waals surface area contributed by atoms with Gasteiger partial charge in [0.05, 0.1) is 19.3 Å². The second kappa shape index (κ2) is 8.57. The molecule has 2 N–H and O–H groups in total. The van der Waals surface area contributed by atoms with Crippen molar-refractivity contribution < 1.29 is 4.79 Å². The van der Waals surface area contributed by atoms with E-state index in [1.54, 1.807) is 6.20 Å². The van der Waals surface area contributed by atoms with Gasteiger partial charge in [-0.15, -0.1) is 0 Å². The summed E-state index contributed by atoms with van der Waals surface area (Å²) in [5.41, 5.74) is 2.37. The predicted molar refractivity (Wildman–Crippen MR) is 111 cm³/mol. The first-order valence-electron chi connectivity index (χ1n) is 10.1. The number of aromatic amines is 1. The number of piperidine rings is 1. The maximum atomic E-state index is 12.7. The van der Waals surface area contributed by atoms with Crippen molar-refractivity contribution in [3.63, 3.8) is 0 Å². The fourth-order valence-electron chi connectivity index (χ4n) is 3.89. The molecule has 1 unspecified atom stereocenters. The van der Waals surface area contributed by atoms with Crippen molar-refractivity contribution in [1.82, 2.24) is 29.9 Å². The summed E-state index contributed by atoms with van der Waals surface area (Å²) in [4.78, 5) is 19.3. The number of nitrogens with one attached hydrogen (secondary N) is 2. The molecule has 1 aliphatic rings. The Morgan fingerprint density at radius 1 is 1.31 bits per heavy atom. The van der Waals surface area contributed by atoms with Crippen LogP contribution in [0.1, 0.15) is 41.5 Å². The van der Waals surface area contributed by atoms with Gasteiger partial charge in [-0.25, -0.2) is 9.67 Å². The number of anilines is 1. The molecular formula is C21H27N7O. The van der Waals surface area contributed by atoms with Crippen LogP contribution in [0.15, 0.2) is 36.5 Å². The van der Waals surface area contributed by atoms with Crippen LogP contribution in [-0.2, 0) is 11.3 Å². The summed E-state index contributed by atoms with van der Waals surface area (Å²) in [6.07, 6.45) is 3.81. The predicted octanol–water partition coefficient (Wildman–Crippen LogP) is 2.48. The fourth-order valence-corrected chi connectivity index (χ4v) is 3.89. The number of likely N-dealkylation sites (tertiary alicyclic amines) is 1. The first kappa shape index (κ1) is 19.3. The Bertz CT molecular complexity index is 977. The number of benzene rings is 1. The fraction of sp³-hybridized carbons (Fsp3) is 0.429. The molecule has 0 aliphatic carbocycles. The normalized spacial score (nSPS) is 17.4. The van der Waals surface area contributed by atoms with Crippen LogP contribution in [0.5, 0.6) is 0 Å². The zero-order valence-corrected chi connectivity index (χ0v) is 16.9. The Morgan fingerprint density at radius 3 is 3.00 bits per heavy atom. The minimum Gasteiger partial charge on any atom is -0.310 e. The second-order valence-corrected chi connectivity index (χ2v) is 7.76. The number of carbonyl (C=O) groups is 1. The van der Waals surface area contributed by atoms with Crippen LogP contribution in [0.25, 0.3) is 0 Å². The van der Waals surface area contributed by atoms with Crippen LogP contribution in [0.3, 0.4) is 0 Å². The quantitative estimate of drug-likeness (QED) is 0.671. The number of hydrogen-bond acceptors (Lipinski definition) is 5. The van der Waals surface area contributed by atoms with Gasteiger partial charge in [-0.05, 0) is 38.8 Å². The molecule has 152 valence electrons. The van der Waals surface area contributed by atoms with Crippen LogP contribution in [-0.4, -0.2) is 55.4 Å². The van der Waals surface area contributed by atoms with Gasteiger partial charge in [0.2, 0.25) is 5.91 Å². The molecule has 0 saturated carbocycles. The van der Waals surface area contributed by atoms with Crippen molar-refractivity contribution in [3.05, 3.63) is 59.3 Å². The Hall–Kier alpha value is -3.00. The van der Waals surface area contributed by atoms with Crippen molar-refractivity contribution >= 4 is 11.7 Å². The topological polar surface area (TPSA) is 91.7 Å². The minimum atomic E-state index is -0.0252. The number of amides is 1. The first-order chi connectivity index (χ1) is 14.1. The Kier molecular flexibility index (Phi) is 5.71. The van der Waals surface area contributed by atoms with Gasteiger partial charge in [-0.1, -0.05) is 29.8 Å². The van der Waals surface area contributed by atoms with E-state index in [1.807, 2.05) is 23.7 Å². The summed E-state index contributed by atoms with van der Waals surface area (Å²) in [6, 6.07) is 10.1. The number of hydrogen-bond donors (Lipinski definition) is 2. The van der Waals surface area contributed by atoms with Gasteiger partial charge in [0.15, 0.2) is 5.82 Å². The van der Waals surface area contributed by atoms with Gasteiger partial charge < -0.3 is 5.32 Å². The van der Waals surface area contributed by atoms with Gasteiger partial charge in [0.1, 0.15) is 11.6 Å². The number of aromatic nitrogens is 5. The molecule has 3 aromatic rings. The van der Waals surface area contributed by atoms with E-state index < -0.39 is 0 Å². The van der Waals surface area contributed by atoms with Crippen LogP contribution >= 0.6 is 0 Å². The summed E-state index contributed by atoms with van der Waals surface area (Å²) in [6.45, 7) is 6.67. The molecular weight excluding hydrogens is 366 g/mol. The number of nitrogens with zero attached hydrogens (tertiary/aromatic N) is 5. The van der Waals surface area contributed by atoms with Gasteiger partial charge in [0.25, 0.3) is 0 Å². The summed E-state index contributed by atoms with van der Waals surface area (Å²) in [7, 11) is 0. The van der Waals surface area contributed by atoms with Crippen LogP contribution in [0.4, 0.5) is 5.82 Å². The number of rotatable bonds is 6. The summed E-state index contributed by atoms with van der Waals surface area (Å²) in [5.74, 6) is 2.64. The summed E-state index contributed by atoms with van der Waals surface area (Å²) >= 11 is 0. The first-order valence-corrected chi connectivity index (χ1v) is 10.1. The molecule has 1 aromatic carbocycles. The van der Waals surface area contributed by atoms with Crippen molar-refractivity contribution in [2.24, 2.45) is 0 Å². The minimum absolute atomic E-state index is 0.0252. The standard InChI is InChI=1S/C21H27N7O/c1-15-5-3-6-17(11-15)12-28-19(8-9-22-28)24-20(29)14-27-10-4-7-18(13-27)21-23-16(2)25-26-21/h3,5-6,8-9,11,18H,4,7,10,12-14H2,1-2H3,(H,24,29)(H,23,25,26). The Morgan fingerprint density at radius 2 is 2.21 bits per heavy atom. The molecule has 3 heterocycles. The zero-order chi connectivity index (χ0) is 20.2. The lowest BCUT2D eigenvalue weighted by Gasteiger charge is -2.30. The van der Waals surface area contributed by atoms with E-state index in [2.05, 4.69) is 55.6 Å². The van der Waals surface area contributed by atoms with Gasteiger partial charge in [-0.3, -0.25) is 14.8 Å². The third-order valence-corrected chi connectivity index (χ3v) is 5.25. The van der Waals surface area contributed by atoms with Gasteiger partial charge in [-0.2, -0.15) is 10.2 Å². The third-order valence-electron chi connectivity index (χ3n) is 5.25. The van der Waals surface area contributed by atoms with E-state index in [0.717, 1.165) is 49.0 Å². The number of carbonyl (C=O) groups excluding carboxylic acids is 1. The van der Waals surface area contributed by atoms with E-state index in [4.69, 9.17) is 0 Å². The van der Waals surface area contributed by atoms with Gasteiger partial charge >= 0.3 is 0 Å². The molecule has 0 bridgehead atoms. The second-order valence-electron chi connectivity index (χ2n) is 7.76. The molecule has 1 amide bonds. The molecule has 29 heavy (non-hydrogen) atoms. The van der Waals surface area contributed by atoms with Crippen molar-refractivity contribution in [3.8, 4) is 0 Å². The van der Waals surface area contributed by atoms with Crippen molar-refractivity contribution in [2.75, 3.05) is 25.0 Å². The van der Waals surface area contributed by atoms with E-state index in [1.165, 1.54) is 5.56 Å². The highest BCUT2D eigenvalue weighted by molar-refractivity contribution is 5.91. The summed E-state index contributed by atoms with van der Waals surface area (Å²) in [5, 5.41) is 14.6. The molecule has 0 radical (unpaired) electrons. The lowest BCUT2D eigenvalue weighted by Crippen LogP contribution is -2.40. The highest BCUT2D eigenvalue weighted by Gasteiger charge is 2.25. The van der Waals surface area contributed by atoms with E-state index in [0.29, 0.717) is 13.1 Å². The summed E-state index contributed by atoms with van der Waals surface area (Å²) < 4.78 is 1.82. The number of H-pyrrole nitrogens is 1. The third kappa shape index (κ3) is 4.89. The maximum Gasteiger partial charge on any atom is 0.239 e. The monoisotopic (exact) mass is 393 g/mol. The smallest absolute Gasteiger partial charge is 0.239 e. The Balaban J connectivity index is 1.35. The maximum absolute atomic E-state index is 12.7. The van der Waals surface area contributed by atoms with E-state index in [-0.39, 0.29) is 11.8 Å². The number of aryl methyl sites for hydroxylation is 2. The van der Waals surface area contributed by atoms with Crippen molar-refractivity contribution in [2.45, 2.75) is 39.2 Å². The van der Waals surface area contributed by atoms with Crippen molar-refractivity contribution in [1.29, 1.82) is 0 Å². The lowest BCUT2D eigenvalue weighted by molar-refractivity contribution is -0.117. The molecule has 1 saturated heterocycles. The van der Waals surface area contributed by atoms with E-state index in [9.17, 15) is 4.79 Å². The average molecular weight is 393 g/mol. The molecule has 8 nitrogen and oxygen atoms in total. The molecule has 0 spiro atoms.